The number of fused-ring (bicyclic) bond motifs is 1. The van der Waals surface area contributed by atoms with Crippen LogP contribution in [0.3, 0.4) is 0 Å². The summed E-state index contributed by atoms with van der Waals surface area (Å²) in [5, 5.41) is 4.58. The fourth-order valence-corrected chi connectivity index (χ4v) is 4.66. The number of rotatable bonds is 6. The number of nitrogens with two attached hydrogens (primary N) is 1. The van der Waals surface area contributed by atoms with Crippen LogP contribution in [0.1, 0.15) is 58.7 Å². The third-order valence-electron chi connectivity index (χ3n) is 4.97. The molecule has 0 amide bonds. The lowest BCUT2D eigenvalue weighted by Gasteiger charge is -2.32. The van der Waals surface area contributed by atoms with Gasteiger partial charge in [-0.15, -0.1) is 36.2 Å². The number of ether oxygens (including phenoxy) is 1. The van der Waals surface area contributed by atoms with Gasteiger partial charge < -0.3 is 15.8 Å². The van der Waals surface area contributed by atoms with Crippen LogP contribution in [0.5, 0.6) is 0 Å². The number of thiazole rings is 1. The number of aryl methyl sites for hydroxylation is 2. The van der Waals surface area contributed by atoms with E-state index in [1.54, 1.807) is 7.11 Å². The van der Waals surface area contributed by atoms with Gasteiger partial charge in [0.2, 0.25) is 0 Å². The highest BCUT2D eigenvalue weighted by Crippen LogP contribution is 2.35. The van der Waals surface area contributed by atoms with Crippen molar-refractivity contribution in [3.05, 3.63) is 33.2 Å². The standard InChI is InChI=1S/C18H25N5OS.2ClH/c1-24-10-17-21-14(11-6-12(19)7-11)8-16(23-17)20-9-18-22-13-4-2-3-5-15(13)25-18;;/h8,11-12H,2-7,9-10,19H2,1H3,(H,20,21,23);2*1H. The molecule has 3 N–H and O–H groups in total. The Bertz CT molecular complexity index is 728. The molecule has 2 heterocycles. The molecule has 2 aromatic rings. The molecule has 2 aliphatic rings. The zero-order valence-corrected chi connectivity index (χ0v) is 17.9. The first-order valence-electron chi connectivity index (χ1n) is 9.05. The second-order valence-corrected chi connectivity index (χ2v) is 8.16. The highest BCUT2D eigenvalue weighted by molar-refractivity contribution is 7.11. The summed E-state index contributed by atoms with van der Waals surface area (Å²) < 4.78 is 5.22. The van der Waals surface area contributed by atoms with Gasteiger partial charge in [0.15, 0.2) is 5.82 Å². The van der Waals surface area contributed by atoms with E-state index in [0.29, 0.717) is 25.1 Å². The highest BCUT2D eigenvalue weighted by atomic mass is 35.5. The van der Waals surface area contributed by atoms with E-state index < -0.39 is 0 Å². The van der Waals surface area contributed by atoms with Crippen LogP contribution < -0.4 is 11.1 Å². The Kier molecular flexibility index (Phi) is 8.24. The molecule has 9 heteroatoms. The van der Waals surface area contributed by atoms with Crippen LogP contribution >= 0.6 is 36.2 Å². The molecule has 2 aromatic heterocycles. The molecule has 0 unspecified atom stereocenters. The Morgan fingerprint density at radius 2 is 1.96 bits per heavy atom. The zero-order chi connectivity index (χ0) is 17.2. The zero-order valence-electron chi connectivity index (χ0n) is 15.4. The van der Waals surface area contributed by atoms with Gasteiger partial charge in [0.25, 0.3) is 0 Å². The molecule has 1 fully saturated rings. The molecule has 0 aliphatic heterocycles. The topological polar surface area (TPSA) is 86.0 Å². The van der Waals surface area contributed by atoms with Crippen molar-refractivity contribution in [2.45, 2.75) is 63.6 Å². The first-order valence-corrected chi connectivity index (χ1v) is 9.86. The molecule has 0 atom stereocenters. The number of nitrogens with zero attached hydrogens (tertiary/aromatic N) is 3. The van der Waals surface area contributed by atoms with Crippen LogP contribution in [0, 0.1) is 0 Å². The van der Waals surface area contributed by atoms with Gasteiger partial charge in [0.05, 0.1) is 12.2 Å². The van der Waals surface area contributed by atoms with Gasteiger partial charge in [-0.2, -0.15) is 0 Å². The van der Waals surface area contributed by atoms with Crippen molar-refractivity contribution in [2.24, 2.45) is 5.73 Å². The SMILES string of the molecule is COCc1nc(NCc2nc3c(s2)CCCC3)cc(C2CC(N)C2)n1.Cl.Cl. The maximum absolute atomic E-state index is 5.93. The van der Waals surface area contributed by atoms with E-state index in [1.165, 1.54) is 29.8 Å². The monoisotopic (exact) mass is 431 g/mol. The van der Waals surface area contributed by atoms with E-state index in [9.17, 15) is 0 Å². The van der Waals surface area contributed by atoms with Crippen molar-refractivity contribution in [3.8, 4) is 0 Å². The molecule has 0 spiro atoms. The minimum absolute atomic E-state index is 0. The smallest absolute Gasteiger partial charge is 0.156 e. The Balaban J connectivity index is 0.00000131. The van der Waals surface area contributed by atoms with Crippen molar-refractivity contribution in [3.63, 3.8) is 0 Å². The van der Waals surface area contributed by atoms with Gasteiger partial charge in [-0.25, -0.2) is 15.0 Å². The van der Waals surface area contributed by atoms with Crippen LogP contribution in [0.25, 0.3) is 0 Å². The van der Waals surface area contributed by atoms with Gasteiger partial charge in [-0.1, -0.05) is 0 Å². The molecule has 0 aromatic carbocycles. The molecule has 0 radical (unpaired) electrons. The second-order valence-electron chi connectivity index (χ2n) is 6.99. The third kappa shape index (κ3) is 5.29. The lowest BCUT2D eigenvalue weighted by molar-refractivity contribution is 0.177. The molecule has 150 valence electrons. The normalized spacial score (nSPS) is 20.7. The summed E-state index contributed by atoms with van der Waals surface area (Å²) in [7, 11) is 1.67. The largest absolute Gasteiger partial charge is 0.377 e. The minimum atomic E-state index is 0. The lowest BCUT2D eigenvalue weighted by atomic mass is 9.78. The molecular formula is C18H27Cl2N5OS. The lowest BCUT2D eigenvalue weighted by Crippen LogP contribution is -2.35. The molecule has 4 rings (SSSR count). The summed E-state index contributed by atoms with van der Waals surface area (Å²) in [5.74, 6) is 2.02. The van der Waals surface area contributed by atoms with Gasteiger partial charge in [0.1, 0.15) is 17.4 Å². The highest BCUT2D eigenvalue weighted by Gasteiger charge is 2.29. The number of hydrogen-bond acceptors (Lipinski definition) is 7. The summed E-state index contributed by atoms with van der Waals surface area (Å²) in [6.07, 6.45) is 6.88. The number of anilines is 1. The summed E-state index contributed by atoms with van der Waals surface area (Å²) in [5.41, 5.74) is 8.31. The first kappa shape index (κ1) is 22.3. The summed E-state index contributed by atoms with van der Waals surface area (Å²) in [6, 6.07) is 2.37. The molecule has 0 bridgehead atoms. The molecule has 0 saturated heterocycles. The summed E-state index contributed by atoms with van der Waals surface area (Å²) >= 11 is 1.84. The number of hydrogen-bond donors (Lipinski definition) is 2. The van der Waals surface area contributed by atoms with Crippen molar-refractivity contribution in [2.75, 3.05) is 12.4 Å². The number of aromatic nitrogens is 3. The van der Waals surface area contributed by atoms with E-state index in [1.807, 2.05) is 11.3 Å². The number of halogens is 2. The predicted molar refractivity (Wildman–Crippen MR) is 113 cm³/mol. The van der Waals surface area contributed by atoms with E-state index in [-0.39, 0.29) is 24.8 Å². The summed E-state index contributed by atoms with van der Waals surface area (Å²) in [6.45, 7) is 1.14. The maximum Gasteiger partial charge on any atom is 0.156 e. The fourth-order valence-electron chi connectivity index (χ4n) is 3.56. The van der Waals surface area contributed by atoms with Crippen LogP contribution in [-0.4, -0.2) is 28.1 Å². The summed E-state index contributed by atoms with van der Waals surface area (Å²) in [4.78, 5) is 15.5. The average Bonchev–Trinajstić information content (AvgIpc) is 3.00. The Hall–Kier alpha value is -0.990. The fraction of sp³-hybridized carbons (Fsp3) is 0.611. The van der Waals surface area contributed by atoms with Crippen molar-refractivity contribution in [1.82, 2.24) is 15.0 Å². The van der Waals surface area contributed by atoms with E-state index in [2.05, 4.69) is 21.4 Å². The van der Waals surface area contributed by atoms with Crippen molar-refractivity contribution in [1.29, 1.82) is 0 Å². The van der Waals surface area contributed by atoms with E-state index >= 15 is 0 Å². The van der Waals surface area contributed by atoms with Crippen LogP contribution in [-0.2, 0) is 30.7 Å². The molecule has 6 nitrogen and oxygen atoms in total. The Morgan fingerprint density at radius 3 is 2.67 bits per heavy atom. The number of nitrogens with one attached hydrogen (secondary N) is 1. The third-order valence-corrected chi connectivity index (χ3v) is 6.13. The number of methoxy groups -OCH3 is 1. The maximum atomic E-state index is 5.93. The van der Waals surface area contributed by atoms with E-state index in [0.717, 1.165) is 41.6 Å². The van der Waals surface area contributed by atoms with Crippen LogP contribution in [0.15, 0.2) is 6.07 Å². The first-order chi connectivity index (χ1) is 12.2. The van der Waals surface area contributed by atoms with Gasteiger partial charge >= 0.3 is 0 Å². The van der Waals surface area contributed by atoms with Crippen LogP contribution in [0.2, 0.25) is 0 Å². The Labute approximate surface area is 176 Å². The van der Waals surface area contributed by atoms with Crippen LogP contribution in [0.4, 0.5) is 5.82 Å². The average molecular weight is 432 g/mol. The molecule has 2 aliphatic carbocycles. The molecule has 1 saturated carbocycles. The Morgan fingerprint density at radius 1 is 1.19 bits per heavy atom. The molecular weight excluding hydrogens is 405 g/mol. The van der Waals surface area contributed by atoms with Gasteiger partial charge in [-0.05, 0) is 38.5 Å². The molecule has 27 heavy (non-hydrogen) atoms. The predicted octanol–water partition coefficient (Wildman–Crippen LogP) is 3.62. The van der Waals surface area contributed by atoms with Crippen molar-refractivity contribution < 1.29 is 4.74 Å². The van der Waals surface area contributed by atoms with Crippen molar-refractivity contribution >= 4 is 42.0 Å². The quantitative estimate of drug-likeness (QED) is 0.725. The second kappa shape index (κ2) is 9.98. The van der Waals surface area contributed by atoms with Gasteiger partial charge in [-0.3, -0.25) is 0 Å². The van der Waals surface area contributed by atoms with E-state index in [4.69, 9.17) is 15.5 Å². The van der Waals surface area contributed by atoms with Gasteiger partial charge in [0, 0.05) is 35.7 Å². The minimum Gasteiger partial charge on any atom is -0.377 e.